The van der Waals surface area contributed by atoms with Crippen LogP contribution in [0, 0.1) is 5.92 Å². The van der Waals surface area contributed by atoms with Crippen molar-refractivity contribution >= 4 is 17.6 Å². The molecule has 146 valence electrons. The smallest absolute Gasteiger partial charge is 0.257 e. The monoisotopic (exact) mass is 372 g/mol. The van der Waals surface area contributed by atoms with E-state index >= 15 is 0 Å². The van der Waals surface area contributed by atoms with Crippen LogP contribution in [0.25, 0.3) is 0 Å². The molecular weight excluding hydrogens is 344 g/mol. The number of fused-ring (bicyclic) bond motifs is 4. The molecule has 4 aliphatic rings. The van der Waals surface area contributed by atoms with Crippen molar-refractivity contribution in [1.82, 2.24) is 14.8 Å². The lowest BCUT2D eigenvalue weighted by Gasteiger charge is -2.35. The van der Waals surface area contributed by atoms with Gasteiger partial charge in [-0.2, -0.15) is 0 Å². The van der Waals surface area contributed by atoms with Crippen molar-refractivity contribution in [3.8, 4) is 0 Å². The number of anilines is 1. The molecule has 0 spiro atoms. The average molecular weight is 372 g/mol. The van der Waals surface area contributed by atoms with Crippen LogP contribution in [0.1, 0.15) is 36.0 Å². The van der Waals surface area contributed by atoms with E-state index in [0.29, 0.717) is 25.3 Å². The van der Waals surface area contributed by atoms with Gasteiger partial charge in [0.25, 0.3) is 5.91 Å². The molecule has 0 aliphatic carbocycles. The minimum absolute atomic E-state index is 0.0302. The third-order valence-corrected chi connectivity index (χ3v) is 6.04. The minimum Gasteiger partial charge on any atom is -0.383 e. The number of piperidine rings is 1. The van der Waals surface area contributed by atoms with E-state index < -0.39 is 0 Å². The molecule has 27 heavy (non-hydrogen) atoms. The lowest BCUT2D eigenvalue weighted by atomic mass is 9.94. The first-order chi connectivity index (χ1) is 13.2. The number of hydrogen-bond acceptors (Lipinski definition) is 5. The van der Waals surface area contributed by atoms with Crippen LogP contribution < -0.4 is 4.90 Å². The first-order valence-corrected chi connectivity index (χ1v) is 9.97. The topological polar surface area (TPSA) is 66.0 Å². The van der Waals surface area contributed by atoms with Crippen LogP contribution in [0.3, 0.4) is 0 Å². The predicted molar refractivity (Wildman–Crippen MR) is 102 cm³/mol. The van der Waals surface area contributed by atoms with Gasteiger partial charge in [0.05, 0.1) is 18.1 Å². The van der Waals surface area contributed by atoms with Gasteiger partial charge in [-0.3, -0.25) is 9.59 Å². The van der Waals surface area contributed by atoms with E-state index in [4.69, 9.17) is 4.74 Å². The Bertz CT molecular complexity index is 704. The summed E-state index contributed by atoms with van der Waals surface area (Å²) in [5.74, 6) is 0.981. The van der Waals surface area contributed by atoms with Crippen molar-refractivity contribution in [3.05, 3.63) is 23.9 Å². The maximum atomic E-state index is 13.0. The molecule has 1 aromatic heterocycles. The molecule has 1 aromatic rings. The van der Waals surface area contributed by atoms with Crippen LogP contribution in [0.2, 0.25) is 0 Å². The molecule has 4 saturated heterocycles. The summed E-state index contributed by atoms with van der Waals surface area (Å²) in [5.41, 5.74) is 0.664. The number of likely N-dealkylation sites (tertiary alicyclic amines) is 1. The van der Waals surface area contributed by atoms with Crippen LogP contribution in [0.4, 0.5) is 5.82 Å². The summed E-state index contributed by atoms with van der Waals surface area (Å²) in [6.07, 6.45) is 5.79. The van der Waals surface area contributed by atoms with Gasteiger partial charge in [-0.1, -0.05) is 0 Å². The number of carbonyl (C=O) groups is 2. The molecule has 2 atom stereocenters. The average Bonchev–Trinajstić information content (AvgIpc) is 3.10. The van der Waals surface area contributed by atoms with Crippen LogP contribution in [0.15, 0.2) is 18.3 Å². The molecule has 7 nitrogen and oxygen atoms in total. The number of amides is 2. The van der Waals surface area contributed by atoms with Crippen LogP contribution in [-0.2, 0) is 9.53 Å². The number of methoxy groups -OCH3 is 1. The maximum absolute atomic E-state index is 13.0. The van der Waals surface area contributed by atoms with E-state index in [1.807, 2.05) is 21.9 Å². The van der Waals surface area contributed by atoms with Gasteiger partial charge >= 0.3 is 0 Å². The first kappa shape index (κ1) is 18.2. The van der Waals surface area contributed by atoms with Gasteiger partial charge < -0.3 is 19.4 Å². The van der Waals surface area contributed by atoms with Crippen molar-refractivity contribution in [2.45, 2.75) is 31.7 Å². The SMILES string of the molecule is COCCN1C(=O)[C@@H]2CC[C@H]1CN(c1ncccc1C(=O)N1CCCC1)C2. The molecule has 2 amide bonds. The fourth-order valence-corrected chi connectivity index (χ4v) is 4.60. The molecule has 4 fully saturated rings. The Kier molecular flexibility index (Phi) is 5.29. The summed E-state index contributed by atoms with van der Waals surface area (Å²) in [6.45, 7) is 4.19. The summed E-state index contributed by atoms with van der Waals surface area (Å²) in [6, 6.07) is 3.86. The van der Waals surface area contributed by atoms with Crippen molar-refractivity contribution in [1.29, 1.82) is 0 Å². The highest BCUT2D eigenvalue weighted by Gasteiger charge is 2.41. The summed E-state index contributed by atoms with van der Waals surface area (Å²) >= 11 is 0. The highest BCUT2D eigenvalue weighted by Crippen LogP contribution is 2.32. The van der Waals surface area contributed by atoms with Gasteiger partial charge in [0.1, 0.15) is 5.82 Å². The summed E-state index contributed by atoms with van der Waals surface area (Å²) in [4.78, 5) is 36.5. The molecular formula is C20H28N4O3. The van der Waals surface area contributed by atoms with Gasteiger partial charge in [-0.05, 0) is 37.8 Å². The van der Waals surface area contributed by atoms with Crippen molar-refractivity contribution in [3.63, 3.8) is 0 Å². The Labute approximate surface area is 160 Å². The normalized spacial score (nSPS) is 25.2. The Morgan fingerprint density at radius 2 is 2.07 bits per heavy atom. The zero-order chi connectivity index (χ0) is 18.8. The highest BCUT2D eigenvalue weighted by atomic mass is 16.5. The third kappa shape index (κ3) is 3.52. The van der Waals surface area contributed by atoms with Crippen LogP contribution in [-0.4, -0.2) is 79.1 Å². The van der Waals surface area contributed by atoms with Gasteiger partial charge in [-0.25, -0.2) is 4.98 Å². The number of rotatable bonds is 5. The Hall–Kier alpha value is -2.15. The molecule has 2 bridgehead atoms. The fourth-order valence-electron chi connectivity index (χ4n) is 4.60. The molecule has 0 N–H and O–H groups in total. The molecule has 5 rings (SSSR count). The van der Waals surface area contributed by atoms with E-state index in [2.05, 4.69) is 9.88 Å². The number of hydrogen-bond donors (Lipinski definition) is 0. The van der Waals surface area contributed by atoms with Gasteiger partial charge in [0, 0.05) is 52.1 Å². The minimum atomic E-state index is -0.0302. The summed E-state index contributed by atoms with van der Waals surface area (Å²) in [7, 11) is 1.66. The fraction of sp³-hybridized carbons (Fsp3) is 0.650. The second-order valence-electron chi connectivity index (χ2n) is 7.73. The largest absolute Gasteiger partial charge is 0.383 e. The number of nitrogens with zero attached hydrogens (tertiary/aromatic N) is 4. The lowest BCUT2D eigenvalue weighted by Crippen LogP contribution is -2.49. The second kappa shape index (κ2) is 7.84. The number of pyridine rings is 1. The van der Waals surface area contributed by atoms with E-state index in [-0.39, 0.29) is 23.8 Å². The molecule has 5 heterocycles. The molecule has 0 saturated carbocycles. The highest BCUT2D eigenvalue weighted by molar-refractivity contribution is 5.99. The molecule has 4 aliphatic heterocycles. The quantitative estimate of drug-likeness (QED) is 0.782. The first-order valence-electron chi connectivity index (χ1n) is 9.97. The van der Waals surface area contributed by atoms with Gasteiger partial charge in [-0.15, -0.1) is 0 Å². The summed E-state index contributed by atoms with van der Waals surface area (Å²) < 4.78 is 5.19. The van der Waals surface area contributed by atoms with Gasteiger partial charge in [0.2, 0.25) is 5.91 Å². The van der Waals surface area contributed by atoms with E-state index in [1.165, 1.54) is 0 Å². The number of ether oxygens (including phenoxy) is 1. The molecule has 7 heteroatoms. The second-order valence-corrected chi connectivity index (χ2v) is 7.73. The zero-order valence-electron chi connectivity index (χ0n) is 16.0. The maximum Gasteiger partial charge on any atom is 0.257 e. The zero-order valence-corrected chi connectivity index (χ0v) is 16.0. The molecule has 0 unspecified atom stereocenters. The number of carbonyl (C=O) groups excluding carboxylic acids is 2. The van der Waals surface area contributed by atoms with E-state index in [1.54, 1.807) is 13.3 Å². The van der Waals surface area contributed by atoms with Crippen LogP contribution >= 0.6 is 0 Å². The Balaban J connectivity index is 1.59. The molecule has 0 aromatic carbocycles. The third-order valence-electron chi connectivity index (χ3n) is 6.04. The van der Waals surface area contributed by atoms with Crippen molar-refractivity contribution in [2.24, 2.45) is 5.92 Å². The molecule has 0 radical (unpaired) electrons. The van der Waals surface area contributed by atoms with Crippen LogP contribution in [0.5, 0.6) is 0 Å². The number of aromatic nitrogens is 1. The van der Waals surface area contributed by atoms with E-state index in [0.717, 1.165) is 51.1 Å². The Morgan fingerprint density at radius 3 is 2.85 bits per heavy atom. The van der Waals surface area contributed by atoms with Crippen molar-refractivity contribution < 1.29 is 14.3 Å². The standard InChI is InChI=1S/C20H28N4O3/c1-27-12-11-24-16-7-6-15(19(24)25)13-23(14-16)18-17(5-4-8-21-18)20(26)22-9-2-3-10-22/h4-5,8,15-16H,2-3,6-7,9-14H2,1H3/t15-,16+/m1/s1. The van der Waals surface area contributed by atoms with Crippen molar-refractivity contribution in [2.75, 3.05) is 51.3 Å². The van der Waals surface area contributed by atoms with E-state index in [9.17, 15) is 9.59 Å². The predicted octanol–water partition coefficient (Wildman–Crippen LogP) is 1.39. The summed E-state index contributed by atoms with van der Waals surface area (Å²) in [5, 5.41) is 0. The Morgan fingerprint density at radius 1 is 1.26 bits per heavy atom. The van der Waals surface area contributed by atoms with Gasteiger partial charge in [0.15, 0.2) is 0 Å². The lowest BCUT2D eigenvalue weighted by molar-refractivity contribution is -0.140.